The Morgan fingerprint density at radius 2 is 1.76 bits per heavy atom. The minimum Gasteiger partial charge on any atom is -0.396 e. The molecule has 0 aliphatic heterocycles. The molecule has 8 heteroatoms. The third-order valence-corrected chi connectivity index (χ3v) is 3.12. The van der Waals surface area contributed by atoms with Crippen LogP contribution in [0.15, 0.2) is 36.4 Å². The molecule has 0 radical (unpaired) electrons. The van der Waals surface area contributed by atoms with Crippen molar-refractivity contribution >= 4 is 17.3 Å². The summed E-state index contributed by atoms with van der Waals surface area (Å²) in [5.41, 5.74) is 5.88. The molecule has 1 heterocycles. The quantitative estimate of drug-likeness (QED) is 0.739. The molecule has 2 aromatic carbocycles. The van der Waals surface area contributed by atoms with Crippen molar-refractivity contribution in [2.45, 2.75) is 0 Å². The molecular formula is C13H8ClF2N5. The van der Waals surface area contributed by atoms with Gasteiger partial charge in [0.05, 0.1) is 16.9 Å². The van der Waals surface area contributed by atoms with Gasteiger partial charge in [-0.1, -0.05) is 11.6 Å². The number of nitrogens with two attached hydrogens (primary N) is 1. The first-order valence-corrected chi connectivity index (χ1v) is 6.23. The van der Waals surface area contributed by atoms with Crippen molar-refractivity contribution in [3.63, 3.8) is 0 Å². The van der Waals surface area contributed by atoms with Gasteiger partial charge in [-0.25, -0.2) is 8.78 Å². The Morgan fingerprint density at radius 3 is 2.48 bits per heavy atom. The SMILES string of the molecule is Nc1cc(-c2nnnn2-c2ccc(Cl)cc2)c(F)cc1F. The van der Waals surface area contributed by atoms with Crippen LogP contribution in [0.3, 0.4) is 0 Å². The van der Waals surface area contributed by atoms with E-state index < -0.39 is 11.6 Å². The highest BCUT2D eigenvalue weighted by Gasteiger charge is 2.17. The highest BCUT2D eigenvalue weighted by molar-refractivity contribution is 6.30. The summed E-state index contributed by atoms with van der Waals surface area (Å²) in [4.78, 5) is 0. The van der Waals surface area contributed by atoms with Gasteiger partial charge in [-0.2, -0.15) is 4.68 Å². The zero-order valence-corrected chi connectivity index (χ0v) is 11.2. The fourth-order valence-corrected chi connectivity index (χ4v) is 1.97. The molecule has 0 fully saturated rings. The fraction of sp³-hybridized carbons (Fsp3) is 0. The molecule has 1 aromatic heterocycles. The predicted molar refractivity (Wildman–Crippen MR) is 73.9 cm³/mol. The van der Waals surface area contributed by atoms with Crippen molar-refractivity contribution in [2.24, 2.45) is 0 Å². The maximum atomic E-state index is 13.9. The number of benzene rings is 2. The number of nitrogen functional groups attached to an aromatic ring is 1. The van der Waals surface area contributed by atoms with Crippen molar-refractivity contribution < 1.29 is 8.78 Å². The van der Waals surface area contributed by atoms with Crippen LogP contribution in [0.1, 0.15) is 0 Å². The summed E-state index contributed by atoms with van der Waals surface area (Å²) in [6.45, 7) is 0. The highest BCUT2D eigenvalue weighted by Crippen LogP contribution is 2.26. The first-order chi connectivity index (χ1) is 10.1. The minimum absolute atomic E-state index is 0.00819. The molecular weight excluding hydrogens is 300 g/mol. The second kappa shape index (κ2) is 5.10. The van der Waals surface area contributed by atoms with Crippen molar-refractivity contribution in [1.82, 2.24) is 20.2 Å². The van der Waals surface area contributed by atoms with E-state index in [2.05, 4.69) is 15.5 Å². The van der Waals surface area contributed by atoms with Gasteiger partial charge in [0.2, 0.25) is 0 Å². The van der Waals surface area contributed by atoms with Gasteiger partial charge in [-0.05, 0) is 40.8 Å². The Hall–Kier alpha value is -2.54. The molecule has 2 N–H and O–H groups in total. The van der Waals surface area contributed by atoms with Gasteiger partial charge in [0.25, 0.3) is 0 Å². The summed E-state index contributed by atoms with van der Waals surface area (Å²) in [6, 6.07) is 8.50. The van der Waals surface area contributed by atoms with E-state index in [0.717, 1.165) is 6.07 Å². The average molecular weight is 308 g/mol. The molecule has 0 aliphatic carbocycles. The number of rotatable bonds is 2. The molecule has 0 unspecified atom stereocenters. The van der Waals surface area contributed by atoms with Crippen LogP contribution in [0.2, 0.25) is 5.02 Å². The number of halogens is 3. The van der Waals surface area contributed by atoms with E-state index in [9.17, 15) is 8.78 Å². The van der Waals surface area contributed by atoms with Crippen LogP contribution in [0, 0.1) is 11.6 Å². The van der Waals surface area contributed by atoms with E-state index in [1.165, 1.54) is 4.68 Å². The number of hydrogen-bond donors (Lipinski definition) is 1. The largest absolute Gasteiger partial charge is 0.396 e. The lowest BCUT2D eigenvalue weighted by Crippen LogP contribution is -2.02. The van der Waals surface area contributed by atoms with Gasteiger partial charge in [0.15, 0.2) is 5.82 Å². The maximum absolute atomic E-state index is 13.9. The monoisotopic (exact) mass is 307 g/mol. The van der Waals surface area contributed by atoms with E-state index >= 15 is 0 Å². The van der Waals surface area contributed by atoms with Gasteiger partial charge in [0.1, 0.15) is 11.6 Å². The molecule has 0 amide bonds. The number of tetrazole rings is 1. The van der Waals surface area contributed by atoms with E-state index in [1.54, 1.807) is 24.3 Å². The third-order valence-electron chi connectivity index (χ3n) is 2.87. The molecule has 0 aliphatic rings. The molecule has 5 nitrogen and oxygen atoms in total. The summed E-state index contributed by atoms with van der Waals surface area (Å²) >= 11 is 5.81. The molecule has 3 aromatic rings. The van der Waals surface area contributed by atoms with Crippen LogP contribution in [0.25, 0.3) is 17.1 Å². The molecule has 0 bridgehead atoms. The second-order valence-corrected chi connectivity index (χ2v) is 4.68. The van der Waals surface area contributed by atoms with Crippen molar-refractivity contribution in [1.29, 1.82) is 0 Å². The van der Waals surface area contributed by atoms with E-state index in [1.807, 2.05) is 0 Å². The van der Waals surface area contributed by atoms with Crippen LogP contribution in [0.5, 0.6) is 0 Å². The topological polar surface area (TPSA) is 69.6 Å². The van der Waals surface area contributed by atoms with Gasteiger partial charge in [-0.3, -0.25) is 0 Å². The van der Waals surface area contributed by atoms with E-state index in [4.69, 9.17) is 17.3 Å². The Kier molecular flexibility index (Phi) is 3.26. The molecule has 21 heavy (non-hydrogen) atoms. The summed E-state index contributed by atoms with van der Waals surface area (Å²) in [5, 5.41) is 11.6. The lowest BCUT2D eigenvalue weighted by molar-refractivity contribution is 0.587. The number of anilines is 1. The van der Waals surface area contributed by atoms with Crippen LogP contribution >= 0.6 is 11.6 Å². The number of aromatic nitrogens is 4. The van der Waals surface area contributed by atoms with Gasteiger partial charge < -0.3 is 5.73 Å². The molecule has 3 rings (SSSR count). The van der Waals surface area contributed by atoms with Crippen LogP contribution in [-0.2, 0) is 0 Å². The Balaban J connectivity index is 2.15. The maximum Gasteiger partial charge on any atom is 0.190 e. The van der Waals surface area contributed by atoms with Gasteiger partial charge in [0, 0.05) is 11.1 Å². The zero-order valence-electron chi connectivity index (χ0n) is 10.5. The molecule has 0 saturated carbocycles. The molecule has 0 saturated heterocycles. The second-order valence-electron chi connectivity index (χ2n) is 4.24. The van der Waals surface area contributed by atoms with Crippen molar-refractivity contribution in [3.05, 3.63) is 53.1 Å². The van der Waals surface area contributed by atoms with E-state index in [-0.39, 0.29) is 17.1 Å². The fourth-order valence-electron chi connectivity index (χ4n) is 1.85. The third kappa shape index (κ3) is 2.43. The van der Waals surface area contributed by atoms with Crippen LogP contribution < -0.4 is 5.73 Å². The zero-order chi connectivity index (χ0) is 15.0. The summed E-state index contributed by atoms with van der Waals surface area (Å²) in [7, 11) is 0. The summed E-state index contributed by atoms with van der Waals surface area (Å²) < 4.78 is 28.5. The average Bonchev–Trinajstić information content (AvgIpc) is 2.93. The standard InChI is InChI=1S/C13H8ClF2N5/c14-7-1-3-8(4-2-7)21-13(18-19-20-21)9-5-12(17)11(16)6-10(9)15/h1-6H,17H2. The number of hydrogen-bond acceptors (Lipinski definition) is 4. The van der Waals surface area contributed by atoms with Crippen LogP contribution in [-0.4, -0.2) is 20.2 Å². The molecule has 0 atom stereocenters. The first-order valence-electron chi connectivity index (χ1n) is 5.85. The lowest BCUT2D eigenvalue weighted by Gasteiger charge is -2.07. The smallest absolute Gasteiger partial charge is 0.190 e. The lowest BCUT2D eigenvalue weighted by atomic mass is 10.1. The Labute approximate surface area is 123 Å². The Bertz CT molecular complexity index is 801. The highest BCUT2D eigenvalue weighted by atomic mass is 35.5. The summed E-state index contributed by atoms with van der Waals surface area (Å²) in [5.74, 6) is -1.52. The van der Waals surface area contributed by atoms with E-state index in [0.29, 0.717) is 16.8 Å². The predicted octanol–water partition coefficient (Wildman–Crippen LogP) is 2.84. The van der Waals surface area contributed by atoms with Gasteiger partial charge >= 0.3 is 0 Å². The minimum atomic E-state index is -0.832. The number of nitrogens with zero attached hydrogens (tertiary/aromatic N) is 4. The van der Waals surface area contributed by atoms with Crippen molar-refractivity contribution in [3.8, 4) is 17.1 Å². The van der Waals surface area contributed by atoms with Crippen molar-refractivity contribution in [2.75, 3.05) is 5.73 Å². The van der Waals surface area contributed by atoms with Gasteiger partial charge in [-0.15, -0.1) is 5.10 Å². The van der Waals surface area contributed by atoms with Crippen LogP contribution in [0.4, 0.5) is 14.5 Å². The first kappa shape index (κ1) is 13.4. The normalized spacial score (nSPS) is 10.8. The summed E-state index contributed by atoms with van der Waals surface area (Å²) in [6.07, 6.45) is 0. The molecule has 106 valence electrons. The Morgan fingerprint density at radius 1 is 1.05 bits per heavy atom. The molecule has 0 spiro atoms.